The van der Waals surface area contributed by atoms with Crippen molar-refractivity contribution >= 4 is 29.1 Å². The van der Waals surface area contributed by atoms with E-state index in [1.54, 1.807) is 12.3 Å². The third-order valence-electron chi connectivity index (χ3n) is 4.29. The van der Waals surface area contributed by atoms with Gasteiger partial charge in [0.05, 0.1) is 12.4 Å². The first kappa shape index (κ1) is 20.3. The summed E-state index contributed by atoms with van der Waals surface area (Å²) in [4.78, 5) is 16.2. The Balaban J connectivity index is 1.63. The molecule has 4 aromatic rings. The van der Waals surface area contributed by atoms with Gasteiger partial charge >= 0.3 is 5.97 Å². The Morgan fingerprint density at radius 1 is 1.13 bits per heavy atom. The van der Waals surface area contributed by atoms with Gasteiger partial charge < -0.3 is 4.74 Å². The van der Waals surface area contributed by atoms with Crippen molar-refractivity contribution in [1.82, 2.24) is 19.7 Å². The summed E-state index contributed by atoms with van der Waals surface area (Å²) in [6, 6.07) is 18.3. The number of thiazole rings is 1. The van der Waals surface area contributed by atoms with Gasteiger partial charge in [-0.1, -0.05) is 53.7 Å². The van der Waals surface area contributed by atoms with E-state index >= 15 is 0 Å². The SMILES string of the molecule is CCOC(=O)c1csc(CSc2nnc(-c3cccc(C)c3)n2-c2ccccc2)n1. The van der Waals surface area contributed by atoms with Crippen molar-refractivity contribution < 1.29 is 9.53 Å². The number of nitrogens with zero attached hydrogens (tertiary/aromatic N) is 4. The van der Waals surface area contributed by atoms with E-state index in [2.05, 4.69) is 38.8 Å². The summed E-state index contributed by atoms with van der Waals surface area (Å²) in [6.45, 7) is 4.18. The number of thioether (sulfide) groups is 1. The van der Waals surface area contributed by atoms with Crippen molar-refractivity contribution in [3.8, 4) is 17.1 Å². The van der Waals surface area contributed by atoms with Crippen LogP contribution < -0.4 is 0 Å². The maximum atomic E-state index is 11.8. The molecule has 2 heterocycles. The Morgan fingerprint density at radius 3 is 2.73 bits per heavy atom. The maximum absolute atomic E-state index is 11.8. The van der Waals surface area contributed by atoms with Crippen molar-refractivity contribution in [2.45, 2.75) is 24.8 Å². The molecule has 0 saturated carbocycles. The van der Waals surface area contributed by atoms with Gasteiger partial charge in [-0.05, 0) is 32.0 Å². The standard InChI is InChI=1S/C22H20N4O2S2/c1-3-28-21(27)18-13-29-19(23-18)14-30-22-25-24-20(16-9-7-8-15(2)12-16)26(22)17-10-5-4-6-11-17/h4-13H,3,14H2,1-2H3. The number of esters is 1. The van der Waals surface area contributed by atoms with E-state index in [1.165, 1.54) is 28.7 Å². The van der Waals surface area contributed by atoms with Crippen LogP contribution in [0.15, 0.2) is 65.1 Å². The molecular formula is C22H20N4O2S2. The van der Waals surface area contributed by atoms with Gasteiger partial charge in [0.2, 0.25) is 0 Å². The van der Waals surface area contributed by atoms with Crippen LogP contribution in [0.25, 0.3) is 17.1 Å². The van der Waals surface area contributed by atoms with Gasteiger partial charge in [0.25, 0.3) is 0 Å². The normalized spacial score (nSPS) is 10.9. The lowest BCUT2D eigenvalue weighted by atomic mass is 10.1. The number of carbonyl (C=O) groups excluding carboxylic acids is 1. The van der Waals surface area contributed by atoms with Crippen molar-refractivity contribution in [2.24, 2.45) is 0 Å². The van der Waals surface area contributed by atoms with Gasteiger partial charge in [-0.2, -0.15) is 0 Å². The fourth-order valence-corrected chi connectivity index (χ4v) is 4.68. The molecule has 8 heteroatoms. The average molecular weight is 437 g/mol. The van der Waals surface area contributed by atoms with Crippen molar-refractivity contribution in [1.29, 1.82) is 0 Å². The molecular weight excluding hydrogens is 416 g/mol. The highest BCUT2D eigenvalue weighted by Crippen LogP contribution is 2.30. The van der Waals surface area contributed by atoms with Crippen molar-refractivity contribution in [3.05, 3.63) is 76.2 Å². The number of para-hydroxylation sites is 1. The number of aryl methyl sites for hydroxylation is 1. The lowest BCUT2D eigenvalue weighted by Crippen LogP contribution is -2.05. The van der Waals surface area contributed by atoms with E-state index in [9.17, 15) is 4.79 Å². The summed E-state index contributed by atoms with van der Waals surface area (Å²) in [7, 11) is 0. The van der Waals surface area contributed by atoms with Gasteiger partial charge in [0.15, 0.2) is 16.7 Å². The second kappa shape index (κ2) is 9.23. The smallest absolute Gasteiger partial charge is 0.357 e. The zero-order chi connectivity index (χ0) is 20.9. The molecule has 0 radical (unpaired) electrons. The zero-order valence-corrected chi connectivity index (χ0v) is 18.2. The van der Waals surface area contributed by atoms with Gasteiger partial charge in [0, 0.05) is 16.6 Å². The summed E-state index contributed by atoms with van der Waals surface area (Å²) in [5.74, 6) is 0.987. The highest BCUT2D eigenvalue weighted by molar-refractivity contribution is 7.98. The zero-order valence-electron chi connectivity index (χ0n) is 16.6. The molecule has 4 rings (SSSR count). The predicted molar refractivity (Wildman–Crippen MR) is 119 cm³/mol. The molecule has 0 spiro atoms. The fraction of sp³-hybridized carbons (Fsp3) is 0.182. The molecule has 0 aliphatic heterocycles. The molecule has 152 valence electrons. The largest absolute Gasteiger partial charge is 0.461 e. The summed E-state index contributed by atoms with van der Waals surface area (Å²) in [5, 5.41) is 12.3. The number of rotatable bonds is 7. The monoisotopic (exact) mass is 436 g/mol. The van der Waals surface area contributed by atoms with Crippen LogP contribution in [0.4, 0.5) is 0 Å². The minimum absolute atomic E-state index is 0.336. The van der Waals surface area contributed by atoms with E-state index in [0.717, 1.165) is 27.2 Å². The molecule has 6 nitrogen and oxygen atoms in total. The third-order valence-corrected chi connectivity index (χ3v) is 6.26. The first-order chi connectivity index (χ1) is 14.7. The van der Waals surface area contributed by atoms with E-state index in [4.69, 9.17) is 4.74 Å². The number of hydrogen-bond acceptors (Lipinski definition) is 7. The number of aromatic nitrogens is 4. The number of carbonyl (C=O) groups is 1. The van der Waals surface area contributed by atoms with Gasteiger partial charge in [-0.25, -0.2) is 9.78 Å². The van der Waals surface area contributed by atoms with E-state index < -0.39 is 0 Å². The van der Waals surface area contributed by atoms with E-state index in [-0.39, 0.29) is 5.97 Å². The minimum Gasteiger partial charge on any atom is -0.461 e. The Labute approximate surface area is 183 Å². The van der Waals surface area contributed by atoms with Crippen LogP contribution in [-0.2, 0) is 10.5 Å². The van der Waals surface area contributed by atoms with Crippen LogP contribution in [0.3, 0.4) is 0 Å². The molecule has 0 aliphatic rings. The van der Waals surface area contributed by atoms with Crippen LogP contribution in [0, 0.1) is 6.92 Å². The predicted octanol–water partition coefficient (Wildman–Crippen LogP) is 5.17. The summed E-state index contributed by atoms with van der Waals surface area (Å²) in [6.07, 6.45) is 0. The van der Waals surface area contributed by atoms with Crippen molar-refractivity contribution in [3.63, 3.8) is 0 Å². The van der Waals surface area contributed by atoms with Crippen LogP contribution >= 0.6 is 23.1 Å². The first-order valence-corrected chi connectivity index (χ1v) is 11.3. The molecule has 30 heavy (non-hydrogen) atoms. The fourth-order valence-electron chi connectivity index (χ4n) is 2.95. The maximum Gasteiger partial charge on any atom is 0.357 e. The molecule has 2 aromatic carbocycles. The Kier molecular flexibility index (Phi) is 6.25. The van der Waals surface area contributed by atoms with Gasteiger partial charge in [-0.15, -0.1) is 21.5 Å². The molecule has 0 saturated heterocycles. The Bertz CT molecular complexity index is 1150. The minimum atomic E-state index is -0.390. The van der Waals surface area contributed by atoms with E-state index in [1.807, 2.05) is 42.5 Å². The molecule has 0 unspecified atom stereocenters. The first-order valence-electron chi connectivity index (χ1n) is 9.48. The lowest BCUT2D eigenvalue weighted by Gasteiger charge is -2.10. The topological polar surface area (TPSA) is 69.9 Å². The average Bonchev–Trinajstić information content (AvgIpc) is 3.40. The van der Waals surface area contributed by atoms with Crippen LogP contribution in [-0.4, -0.2) is 32.3 Å². The van der Waals surface area contributed by atoms with Crippen LogP contribution in [0.5, 0.6) is 0 Å². The van der Waals surface area contributed by atoms with Gasteiger partial charge in [-0.3, -0.25) is 4.57 Å². The molecule has 0 fully saturated rings. The quantitative estimate of drug-likeness (QED) is 0.294. The third kappa shape index (κ3) is 4.44. The lowest BCUT2D eigenvalue weighted by molar-refractivity contribution is 0.0520. The molecule has 2 aromatic heterocycles. The molecule has 0 N–H and O–H groups in total. The Hall–Kier alpha value is -2.97. The van der Waals surface area contributed by atoms with Gasteiger partial charge in [0.1, 0.15) is 5.01 Å². The summed E-state index contributed by atoms with van der Waals surface area (Å²) < 4.78 is 7.07. The van der Waals surface area contributed by atoms with E-state index in [0.29, 0.717) is 18.1 Å². The molecule has 0 aliphatic carbocycles. The second-order valence-corrected chi connectivity index (χ2v) is 8.37. The number of hydrogen-bond donors (Lipinski definition) is 0. The number of benzene rings is 2. The van der Waals surface area contributed by atoms with Crippen molar-refractivity contribution in [2.75, 3.05) is 6.61 Å². The molecule has 0 bridgehead atoms. The van der Waals surface area contributed by atoms with Crippen LogP contribution in [0.2, 0.25) is 0 Å². The second-order valence-electron chi connectivity index (χ2n) is 6.48. The molecule has 0 atom stereocenters. The summed E-state index contributed by atoms with van der Waals surface area (Å²) in [5.41, 5.74) is 3.52. The summed E-state index contributed by atoms with van der Waals surface area (Å²) >= 11 is 2.98. The Morgan fingerprint density at radius 2 is 1.97 bits per heavy atom. The highest BCUT2D eigenvalue weighted by Gasteiger charge is 2.18. The molecule has 0 amide bonds. The van der Waals surface area contributed by atoms with Crippen LogP contribution in [0.1, 0.15) is 28.0 Å². The number of ether oxygens (including phenoxy) is 1. The highest BCUT2D eigenvalue weighted by atomic mass is 32.2.